The van der Waals surface area contributed by atoms with E-state index >= 15 is 0 Å². The van der Waals surface area contributed by atoms with E-state index in [2.05, 4.69) is 15.2 Å². The van der Waals surface area contributed by atoms with Gasteiger partial charge in [0.05, 0.1) is 23.4 Å². The molecular formula is C23H19N5O2S2. The standard InChI is InChI=1S/C23H19N5O2S2/c1-15-9-10-27-20(12-15)24-16(13-21(27)29)14-32-23-26-25-22(19-8-5-11-31-19)28(23)17-6-3-4-7-18(17)30-2/h3-13H,14H2,1-2H3. The number of hydrogen-bond acceptors (Lipinski definition) is 7. The molecule has 5 aromatic rings. The van der Waals surface area contributed by atoms with Gasteiger partial charge in [-0.3, -0.25) is 13.8 Å². The number of hydrogen-bond donors (Lipinski definition) is 0. The van der Waals surface area contributed by atoms with Crippen LogP contribution >= 0.6 is 23.1 Å². The fourth-order valence-electron chi connectivity index (χ4n) is 3.43. The number of nitrogens with zero attached hydrogens (tertiary/aromatic N) is 5. The van der Waals surface area contributed by atoms with Gasteiger partial charge in [0, 0.05) is 18.0 Å². The Morgan fingerprint density at radius 1 is 1.09 bits per heavy atom. The van der Waals surface area contributed by atoms with E-state index in [-0.39, 0.29) is 5.56 Å². The minimum absolute atomic E-state index is 0.101. The number of rotatable bonds is 6. The summed E-state index contributed by atoms with van der Waals surface area (Å²) in [5.74, 6) is 1.95. The first-order valence-electron chi connectivity index (χ1n) is 9.88. The molecule has 0 saturated heterocycles. The van der Waals surface area contributed by atoms with Crippen molar-refractivity contribution in [2.75, 3.05) is 7.11 Å². The fourth-order valence-corrected chi connectivity index (χ4v) is 4.96. The summed E-state index contributed by atoms with van der Waals surface area (Å²) in [6.45, 7) is 1.98. The molecule has 0 aliphatic heterocycles. The van der Waals surface area contributed by atoms with Crippen LogP contribution in [0.25, 0.3) is 22.0 Å². The Morgan fingerprint density at radius 3 is 2.78 bits per heavy atom. The van der Waals surface area contributed by atoms with Gasteiger partial charge in [0.2, 0.25) is 0 Å². The quantitative estimate of drug-likeness (QED) is 0.344. The lowest BCUT2D eigenvalue weighted by molar-refractivity contribution is 0.412. The van der Waals surface area contributed by atoms with Crippen LogP contribution < -0.4 is 10.3 Å². The maximum absolute atomic E-state index is 12.5. The van der Waals surface area contributed by atoms with E-state index < -0.39 is 0 Å². The molecule has 9 heteroatoms. The molecule has 0 aliphatic rings. The molecule has 5 rings (SSSR count). The maximum Gasteiger partial charge on any atom is 0.258 e. The first-order valence-corrected chi connectivity index (χ1v) is 11.7. The maximum atomic E-state index is 12.5. The number of thioether (sulfide) groups is 1. The summed E-state index contributed by atoms with van der Waals surface area (Å²) in [5, 5.41) is 11.6. The Morgan fingerprint density at radius 2 is 1.97 bits per heavy atom. The van der Waals surface area contributed by atoms with Crippen molar-refractivity contribution in [3.63, 3.8) is 0 Å². The van der Waals surface area contributed by atoms with Crippen molar-refractivity contribution in [3.8, 4) is 22.1 Å². The van der Waals surface area contributed by atoms with Gasteiger partial charge in [0.15, 0.2) is 11.0 Å². The van der Waals surface area contributed by atoms with Crippen LogP contribution in [0.3, 0.4) is 0 Å². The number of benzene rings is 1. The third kappa shape index (κ3) is 3.80. The highest BCUT2D eigenvalue weighted by molar-refractivity contribution is 7.98. The molecule has 0 bridgehead atoms. The SMILES string of the molecule is COc1ccccc1-n1c(SCc2cc(=O)n3ccc(C)cc3n2)nnc1-c1cccs1. The molecule has 0 saturated carbocycles. The number of fused-ring (bicyclic) bond motifs is 1. The molecule has 4 aromatic heterocycles. The van der Waals surface area contributed by atoms with E-state index in [1.165, 1.54) is 11.8 Å². The zero-order valence-corrected chi connectivity index (χ0v) is 19.1. The average molecular weight is 462 g/mol. The molecule has 160 valence electrons. The predicted molar refractivity (Wildman–Crippen MR) is 127 cm³/mol. The lowest BCUT2D eigenvalue weighted by atomic mass is 10.3. The van der Waals surface area contributed by atoms with Crippen molar-refractivity contribution in [2.45, 2.75) is 17.8 Å². The molecule has 7 nitrogen and oxygen atoms in total. The summed E-state index contributed by atoms with van der Waals surface area (Å²) < 4.78 is 9.14. The van der Waals surface area contributed by atoms with E-state index in [4.69, 9.17) is 4.74 Å². The van der Waals surface area contributed by atoms with Crippen LogP contribution in [0.15, 0.2) is 76.1 Å². The van der Waals surface area contributed by atoms with Crippen molar-refractivity contribution in [1.29, 1.82) is 0 Å². The van der Waals surface area contributed by atoms with E-state index in [9.17, 15) is 4.79 Å². The Labute approximate surface area is 192 Å². The van der Waals surface area contributed by atoms with Crippen molar-refractivity contribution in [2.24, 2.45) is 0 Å². The Balaban J connectivity index is 1.55. The van der Waals surface area contributed by atoms with Crippen LogP contribution in [0.2, 0.25) is 0 Å². The Hall–Kier alpha value is -3.43. The normalized spacial score (nSPS) is 11.2. The first-order chi connectivity index (χ1) is 15.6. The van der Waals surface area contributed by atoms with Gasteiger partial charge in [-0.25, -0.2) is 4.98 Å². The Bertz CT molecular complexity index is 1460. The average Bonchev–Trinajstić information content (AvgIpc) is 3.47. The largest absolute Gasteiger partial charge is 0.495 e. The molecule has 0 aliphatic carbocycles. The lowest BCUT2D eigenvalue weighted by Gasteiger charge is -2.13. The summed E-state index contributed by atoms with van der Waals surface area (Å²) in [5.41, 5.74) is 3.14. The number of aromatic nitrogens is 5. The molecule has 32 heavy (non-hydrogen) atoms. The second-order valence-electron chi connectivity index (χ2n) is 7.10. The summed E-state index contributed by atoms with van der Waals surface area (Å²) in [6, 6.07) is 17.2. The topological polar surface area (TPSA) is 74.3 Å². The molecule has 0 spiro atoms. The fraction of sp³-hybridized carbons (Fsp3) is 0.130. The second-order valence-corrected chi connectivity index (χ2v) is 8.99. The van der Waals surface area contributed by atoms with E-state index in [1.807, 2.05) is 65.4 Å². The number of pyridine rings is 1. The lowest BCUT2D eigenvalue weighted by Crippen LogP contribution is -2.15. The van der Waals surface area contributed by atoms with Crippen molar-refractivity contribution in [1.82, 2.24) is 24.1 Å². The molecule has 1 aromatic carbocycles. The molecular weight excluding hydrogens is 442 g/mol. The van der Waals surface area contributed by atoms with Gasteiger partial charge < -0.3 is 4.74 Å². The molecule has 0 fully saturated rings. The van der Waals surface area contributed by atoms with Gasteiger partial charge in [-0.05, 0) is 48.2 Å². The first kappa shape index (κ1) is 20.5. The monoisotopic (exact) mass is 461 g/mol. The second kappa shape index (κ2) is 8.60. The van der Waals surface area contributed by atoms with Crippen molar-refractivity contribution in [3.05, 3.63) is 87.8 Å². The van der Waals surface area contributed by atoms with Crippen LogP contribution in [0.1, 0.15) is 11.3 Å². The molecule has 0 atom stereocenters. The third-order valence-electron chi connectivity index (χ3n) is 4.93. The number of ether oxygens (including phenoxy) is 1. The van der Waals surface area contributed by atoms with E-state index in [0.717, 1.165) is 27.7 Å². The predicted octanol–water partition coefficient (Wildman–Crippen LogP) is 4.61. The smallest absolute Gasteiger partial charge is 0.258 e. The van der Waals surface area contributed by atoms with E-state index in [0.29, 0.717) is 22.3 Å². The number of thiophene rings is 1. The number of methoxy groups -OCH3 is 1. The van der Waals surface area contributed by atoms with Gasteiger partial charge in [0.25, 0.3) is 5.56 Å². The van der Waals surface area contributed by atoms with Crippen molar-refractivity contribution >= 4 is 28.7 Å². The van der Waals surface area contributed by atoms with E-state index in [1.54, 1.807) is 35.1 Å². The van der Waals surface area contributed by atoms with Crippen LogP contribution in [-0.2, 0) is 5.75 Å². The Kier molecular flexibility index (Phi) is 5.50. The zero-order valence-electron chi connectivity index (χ0n) is 17.4. The van der Waals surface area contributed by atoms with Gasteiger partial charge in [0.1, 0.15) is 11.4 Å². The van der Waals surface area contributed by atoms with Gasteiger partial charge >= 0.3 is 0 Å². The molecule has 4 heterocycles. The van der Waals surface area contributed by atoms with Crippen LogP contribution in [0.4, 0.5) is 0 Å². The van der Waals surface area contributed by atoms with Crippen molar-refractivity contribution < 1.29 is 4.74 Å². The van der Waals surface area contributed by atoms with Crippen LogP contribution in [-0.4, -0.2) is 31.3 Å². The number of aryl methyl sites for hydroxylation is 1. The summed E-state index contributed by atoms with van der Waals surface area (Å²) in [6.07, 6.45) is 1.75. The minimum Gasteiger partial charge on any atom is -0.495 e. The number of para-hydroxylation sites is 2. The molecule has 0 amide bonds. The minimum atomic E-state index is -0.101. The molecule has 0 unspecified atom stereocenters. The third-order valence-corrected chi connectivity index (χ3v) is 6.75. The van der Waals surface area contributed by atoms with Crippen LogP contribution in [0, 0.1) is 6.92 Å². The highest BCUT2D eigenvalue weighted by Crippen LogP contribution is 2.34. The summed E-state index contributed by atoms with van der Waals surface area (Å²) in [7, 11) is 1.65. The highest BCUT2D eigenvalue weighted by Gasteiger charge is 2.19. The molecule has 0 radical (unpaired) electrons. The highest BCUT2D eigenvalue weighted by atomic mass is 32.2. The van der Waals surface area contributed by atoms with Gasteiger partial charge in [-0.15, -0.1) is 21.5 Å². The summed E-state index contributed by atoms with van der Waals surface area (Å²) in [4.78, 5) is 18.2. The zero-order chi connectivity index (χ0) is 22.1. The van der Waals surface area contributed by atoms with Crippen LogP contribution in [0.5, 0.6) is 5.75 Å². The van der Waals surface area contributed by atoms with Gasteiger partial charge in [-0.2, -0.15) is 0 Å². The summed E-state index contributed by atoms with van der Waals surface area (Å²) >= 11 is 3.08. The molecule has 0 N–H and O–H groups in total. The van der Waals surface area contributed by atoms with Gasteiger partial charge in [-0.1, -0.05) is 30.0 Å².